The Labute approximate surface area is 147 Å². The predicted molar refractivity (Wildman–Crippen MR) is 93.6 cm³/mol. The molecular weight excluding hydrogens is 418 g/mol. The lowest BCUT2D eigenvalue weighted by Crippen LogP contribution is -2.46. The second kappa shape index (κ2) is 7.20. The first-order valence-electron chi connectivity index (χ1n) is 6.26. The topological polar surface area (TPSA) is 75.4 Å². The van der Waals surface area contributed by atoms with Crippen molar-refractivity contribution in [3.8, 4) is 0 Å². The van der Waals surface area contributed by atoms with Crippen molar-refractivity contribution in [1.29, 1.82) is 0 Å². The number of nitrogens with one attached hydrogen (secondary N) is 1. The molecule has 0 radical (unpaired) electrons. The third-order valence-corrected chi connectivity index (χ3v) is 7.77. The zero-order valence-corrected chi connectivity index (χ0v) is 15.8. The zero-order valence-electron chi connectivity index (χ0n) is 11.0. The Morgan fingerprint density at radius 3 is 2.67 bits per heavy atom. The molecule has 21 heavy (non-hydrogen) atoms. The minimum atomic E-state index is -3.52. The molecule has 5 nitrogen and oxygen atoms in total. The van der Waals surface area contributed by atoms with Gasteiger partial charge in [0, 0.05) is 25.7 Å². The molecular formula is C11H15BrClN3O2S3. The highest BCUT2D eigenvalue weighted by Gasteiger charge is 2.26. The molecule has 1 aliphatic heterocycles. The Morgan fingerprint density at radius 1 is 1.57 bits per heavy atom. The molecule has 0 saturated carbocycles. The zero-order chi connectivity index (χ0) is 15.6. The van der Waals surface area contributed by atoms with Crippen molar-refractivity contribution in [3.63, 3.8) is 0 Å². The first-order valence-corrected chi connectivity index (χ1v) is 10.1. The van der Waals surface area contributed by atoms with Crippen molar-refractivity contribution in [1.82, 2.24) is 9.62 Å². The third kappa shape index (κ3) is 4.85. The van der Waals surface area contributed by atoms with Gasteiger partial charge >= 0.3 is 0 Å². The highest BCUT2D eigenvalue weighted by molar-refractivity contribution is 9.11. The fraction of sp³-hybridized carbons (Fsp3) is 0.545. The van der Waals surface area contributed by atoms with Crippen molar-refractivity contribution in [3.05, 3.63) is 14.9 Å². The fourth-order valence-corrected chi connectivity index (χ4v) is 6.07. The molecule has 0 amide bonds. The number of hydrogen-bond donors (Lipinski definition) is 2. The summed E-state index contributed by atoms with van der Waals surface area (Å²) < 4.78 is 28.2. The molecule has 0 atom stereocenters. The quantitative estimate of drug-likeness (QED) is 0.698. The Kier molecular flexibility index (Phi) is 6.03. The van der Waals surface area contributed by atoms with Gasteiger partial charge in [0.05, 0.1) is 13.8 Å². The van der Waals surface area contributed by atoms with Gasteiger partial charge in [-0.3, -0.25) is 4.90 Å². The van der Waals surface area contributed by atoms with Crippen LogP contribution in [0.3, 0.4) is 0 Å². The van der Waals surface area contributed by atoms with E-state index in [0.717, 1.165) is 37.3 Å². The fourth-order valence-electron chi connectivity index (χ4n) is 2.17. The summed E-state index contributed by atoms with van der Waals surface area (Å²) in [7, 11) is -3.52. The molecule has 0 aromatic carbocycles. The van der Waals surface area contributed by atoms with Crippen LogP contribution in [-0.2, 0) is 10.0 Å². The molecule has 0 unspecified atom stereocenters. The van der Waals surface area contributed by atoms with Crippen LogP contribution in [0.1, 0.15) is 12.8 Å². The van der Waals surface area contributed by atoms with Crippen LogP contribution in [0.4, 0.5) is 0 Å². The van der Waals surface area contributed by atoms with Gasteiger partial charge in [0.2, 0.25) is 10.0 Å². The largest absolute Gasteiger partial charge is 0.392 e. The Balaban J connectivity index is 1.95. The van der Waals surface area contributed by atoms with Crippen LogP contribution in [0.2, 0.25) is 5.02 Å². The van der Waals surface area contributed by atoms with Crippen molar-refractivity contribution in [2.45, 2.75) is 23.1 Å². The van der Waals surface area contributed by atoms with E-state index in [0.29, 0.717) is 20.3 Å². The highest BCUT2D eigenvalue weighted by atomic mass is 79.9. The summed E-state index contributed by atoms with van der Waals surface area (Å²) in [4.78, 5) is 2.60. The second-order valence-electron chi connectivity index (χ2n) is 4.83. The van der Waals surface area contributed by atoms with Gasteiger partial charge in [-0.15, -0.1) is 11.3 Å². The van der Waals surface area contributed by atoms with Crippen molar-refractivity contribution in [2.24, 2.45) is 5.73 Å². The number of halogens is 2. The van der Waals surface area contributed by atoms with E-state index in [-0.39, 0.29) is 10.3 Å². The molecule has 0 aliphatic carbocycles. The van der Waals surface area contributed by atoms with Crippen LogP contribution < -0.4 is 10.5 Å². The third-order valence-electron chi connectivity index (χ3n) is 3.18. The number of likely N-dealkylation sites (tertiary alicyclic amines) is 1. The van der Waals surface area contributed by atoms with Crippen LogP contribution in [0.15, 0.2) is 14.1 Å². The Bertz CT molecular complexity index is 607. The van der Waals surface area contributed by atoms with Crippen LogP contribution in [0.5, 0.6) is 0 Å². The van der Waals surface area contributed by atoms with Crippen LogP contribution in [0, 0.1) is 0 Å². The van der Waals surface area contributed by atoms with Crippen LogP contribution >= 0.6 is 51.1 Å². The molecule has 2 heterocycles. The van der Waals surface area contributed by atoms with Gasteiger partial charge in [0.1, 0.15) is 4.21 Å². The van der Waals surface area contributed by atoms with E-state index in [1.54, 1.807) is 0 Å². The maximum Gasteiger partial charge on any atom is 0.250 e. The minimum Gasteiger partial charge on any atom is -0.392 e. The first kappa shape index (κ1) is 17.6. The van der Waals surface area contributed by atoms with E-state index in [1.807, 2.05) is 0 Å². The van der Waals surface area contributed by atoms with E-state index < -0.39 is 10.0 Å². The number of hydrogen-bond acceptors (Lipinski definition) is 5. The van der Waals surface area contributed by atoms with Gasteiger partial charge < -0.3 is 5.73 Å². The SMILES string of the molecule is NC(=S)CN1CCC(NS(=O)(=O)c2cc(Cl)c(Br)s2)CC1. The maximum absolute atomic E-state index is 12.3. The molecule has 10 heteroatoms. The maximum atomic E-state index is 12.3. The van der Waals surface area contributed by atoms with Crippen molar-refractivity contribution < 1.29 is 8.42 Å². The minimum absolute atomic E-state index is 0.0720. The molecule has 1 saturated heterocycles. The van der Waals surface area contributed by atoms with Crippen LogP contribution in [-0.4, -0.2) is 44.0 Å². The lowest BCUT2D eigenvalue weighted by molar-refractivity contribution is 0.233. The van der Waals surface area contributed by atoms with Gasteiger partial charge in [0.25, 0.3) is 0 Å². The van der Waals surface area contributed by atoms with Crippen molar-refractivity contribution >= 4 is 66.1 Å². The molecule has 3 N–H and O–H groups in total. The number of nitrogens with two attached hydrogens (primary N) is 1. The summed E-state index contributed by atoms with van der Waals surface area (Å²) >= 11 is 15.1. The number of rotatable bonds is 5. The smallest absolute Gasteiger partial charge is 0.250 e. The standard InChI is InChI=1S/C11H15BrClN3O2S3/c12-11-8(13)5-10(20-11)21(17,18)15-7-1-3-16(4-2-7)6-9(14)19/h5,7,15H,1-4,6H2,(H2,14,19). The van der Waals surface area contributed by atoms with E-state index in [9.17, 15) is 8.42 Å². The molecule has 1 aliphatic rings. The molecule has 1 fully saturated rings. The van der Waals surface area contributed by atoms with Gasteiger partial charge in [0.15, 0.2) is 0 Å². The summed E-state index contributed by atoms with van der Waals surface area (Å²) in [5.41, 5.74) is 5.51. The Morgan fingerprint density at radius 2 is 2.19 bits per heavy atom. The number of nitrogens with zero attached hydrogens (tertiary/aromatic N) is 1. The van der Waals surface area contributed by atoms with Crippen LogP contribution in [0.25, 0.3) is 0 Å². The predicted octanol–water partition coefficient (Wildman–Crippen LogP) is 2.19. The highest BCUT2D eigenvalue weighted by Crippen LogP contribution is 2.34. The lowest BCUT2D eigenvalue weighted by Gasteiger charge is -2.31. The summed E-state index contributed by atoms with van der Waals surface area (Å²) in [6.45, 7) is 2.14. The molecule has 0 spiro atoms. The first-order chi connectivity index (χ1) is 9.78. The summed E-state index contributed by atoms with van der Waals surface area (Å²) in [6.07, 6.45) is 1.48. The van der Waals surface area contributed by atoms with Gasteiger partial charge in [-0.05, 0) is 34.8 Å². The van der Waals surface area contributed by atoms with E-state index in [1.165, 1.54) is 6.07 Å². The molecule has 1 aromatic heterocycles. The van der Waals surface area contributed by atoms with Gasteiger partial charge in [-0.25, -0.2) is 13.1 Å². The number of thiocarbonyl (C=S) groups is 1. The summed E-state index contributed by atoms with van der Waals surface area (Å²) in [5.74, 6) is 0. The average molecular weight is 433 g/mol. The molecule has 0 bridgehead atoms. The molecule has 2 rings (SSSR count). The summed E-state index contributed by atoms with van der Waals surface area (Å²) in [5, 5.41) is 0.409. The lowest BCUT2D eigenvalue weighted by atomic mass is 10.1. The monoisotopic (exact) mass is 431 g/mol. The van der Waals surface area contributed by atoms with Crippen molar-refractivity contribution in [2.75, 3.05) is 19.6 Å². The van der Waals surface area contributed by atoms with E-state index in [4.69, 9.17) is 29.6 Å². The number of sulfonamides is 1. The summed E-state index contributed by atoms with van der Waals surface area (Å²) in [6, 6.07) is 1.39. The van der Waals surface area contributed by atoms with Gasteiger partial charge in [-0.2, -0.15) is 0 Å². The van der Waals surface area contributed by atoms with Gasteiger partial charge in [-0.1, -0.05) is 23.8 Å². The normalized spacial score (nSPS) is 18.0. The second-order valence-corrected chi connectivity index (χ2v) is 10.1. The Hall–Kier alpha value is 0.230. The molecule has 1 aromatic rings. The van der Waals surface area contributed by atoms with E-state index in [2.05, 4.69) is 25.6 Å². The average Bonchev–Trinajstić information content (AvgIpc) is 2.72. The number of piperidine rings is 1. The van der Waals surface area contributed by atoms with E-state index >= 15 is 0 Å². The number of thiophene rings is 1. The molecule has 118 valence electrons.